The standard InChI is InChI=1S/C13H13BrN4O/c1-8(9-3-2-4-10(14)7-9)16-13(19)11-5-6-12(15)18-17-11/h2-8H,1H3,(H2,15,18)(H,16,19). The molecule has 0 saturated carbocycles. The van der Waals surface area contributed by atoms with Crippen LogP contribution in [0.15, 0.2) is 40.9 Å². The van der Waals surface area contributed by atoms with Gasteiger partial charge in [0.15, 0.2) is 5.69 Å². The van der Waals surface area contributed by atoms with E-state index < -0.39 is 0 Å². The smallest absolute Gasteiger partial charge is 0.272 e. The molecule has 0 aliphatic rings. The van der Waals surface area contributed by atoms with E-state index in [-0.39, 0.29) is 23.5 Å². The Labute approximate surface area is 119 Å². The number of rotatable bonds is 3. The number of benzene rings is 1. The molecule has 2 rings (SSSR count). The van der Waals surface area contributed by atoms with E-state index in [1.165, 1.54) is 0 Å². The maximum atomic E-state index is 12.0. The molecule has 1 atom stereocenters. The van der Waals surface area contributed by atoms with Crippen LogP contribution >= 0.6 is 15.9 Å². The lowest BCUT2D eigenvalue weighted by Gasteiger charge is -2.14. The van der Waals surface area contributed by atoms with Gasteiger partial charge in [-0.2, -0.15) is 0 Å². The van der Waals surface area contributed by atoms with Crippen LogP contribution in [0.1, 0.15) is 29.0 Å². The normalized spacial score (nSPS) is 11.9. The summed E-state index contributed by atoms with van der Waals surface area (Å²) in [7, 11) is 0. The van der Waals surface area contributed by atoms with E-state index in [4.69, 9.17) is 5.73 Å². The molecule has 1 aromatic heterocycles. The van der Waals surface area contributed by atoms with Crippen molar-refractivity contribution in [1.29, 1.82) is 0 Å². The van der Waals surface area contributed by atoms with Crippen LogP contribution in [0, 0.1) is 0 Å². The van der Waals surface area contributed by atoms with E-state index in [2.05, 4.69) is 31.4 Å². The minimum atomic E-state index is -0.278. The number of anilines is 1. The number of halogens is 1. The van der Waals surface area contributed by atoms with Crippen LogP contribution in [-0.2, 0) is 0 Å². The van der Waals surface area contributed by atoms with E-state index in [1.807, 2.05) is 31.2 Å². The first-order valence-corrected chi connectivity index (χ1v) is 6.51. The molecule has 98 valence electrons. The number of hydrogen-bond acceptors (Lipinski definition) is 4. The largest absolute Gasteiger partial charge is 0.382 e. The Hall–Kier alpha value is -1.95. The number of carbonyl (C=O) groups is 1. The quantitative estimate of drug-likeness (QED) is 0.909. The molecule has 0 radical (unpaired) electrons. The Morgan fingerprint density at radius 2 is 2.11 bits per heavy atom. The molecular weight excluding hydrogens is 308 g/mol. The minimum Gasteiger partial charge on any atom is -0.382 e. The second-order valence-corrected chi connectivity index (χ2v) is 5.01. The molecule has 1 unspecified atom stereocenters. The molecule has 1 heterocycles. The second kappa shape index (κ2) is 5.79. The van der Waals surface area contributed by atoms with Crippen LogP contribution in [0.2, 0.25) is 0 Å². The molecule has 3 N–H and O–H groups in total. The van der Waals surface area contributed by atoms with Gasteiger partial charge in [-0.05, 0) is 36.8 Å². The summed E-state index contributed by atoms with van der Waals surface area (Å²) in [6.45, 7) is 1.91. The van der Waals surface area contributed by atoms with Gasteiger partial charge < -0.3 is 11.1 Å². The lowest BCUT2D eigenvalue weighted by atomic mass is 10.1. The van der Waals surface area contributed by atoms with Crippen molar-refractivity contribution in [3.8, 4) is 0 Å². The van der Waals surface area contributed by atoms with Crippen LogP contribution in [0.5, 0.6) is 0 Å². The molecule has 0 saturated heterocycles. The molecule has 0 aliphatic heterocycles. The molecule has 0 bridgehead atoms. The molecular formula is C13H13BrN4O. The summed E-state index contributed by atoms with van der Waals surface area (Å²) in [5, 5.41) is 10.3. The first-order chi connectivity index (χ1) is 9.06. The molecule has 1 aromatic carbocycles. The summed E-state index contributed by atoms with van der Waals surface area (Å²) in [6, 6.07) is 10.7. The molecule has 0 aliphatic carbocycles. The number of carbonyl (C=O) groups excluding carboxylic acids is 1. The highest BCUT2D eigenvalue weighted by atomic mass is 79.9. The van der Waals surface area contributed by atoms with Crippen molar-refractivity contribution in [3.05, 3.63) is 52.1 Å². The lowest BCUT2D eigenvalue weighted by molar-refractivity contribution is 0.0934. The summed E-state index contributed by atoms with van der Waals surface area (Å²) in [6.07, 6.45) is 0. The molecule has 5 nitrogen and oxygen atoms in total. The molecule has 6 heteroatoms. The Kier molecular flexibility index (Phi) is 4.11. The Bertz CT molecular complexity index is 585. The van der Waals surface area contributed by atoms with E-state index in [1.54, 1.807) is 12.1 Å². The minimum absolute atomic E-state index is 0.121. The fraction of sp³-hybridized carbons (Fsp3) is 0.154. The highest BCUT2D eigenvalue weighted by Crippen LogP contribution is 2.18. The van der Waals surface area contributed by atoms with Gasteiger partial charge in [0.2, 0.25) is 0 Å². The molecule has 0 fully saturated rings. The van der Waals surface area contributed by atoms with Gasteiger partial charge in [0.05, 0.1) is 6.04 Å². The van der Waals surface area contributed by atoms with Crippen LogP contribution in [0.25, 0.3) is 0 Å². The van der Waals surface area contributed by atoms with Crippen molar-refractivity contribution in [2.45, 2.75) is 13.0 Å². The van der Waals surface area contributed by atoms with Gasteiger partial charge in [0.1, 0.15) is 5.82 Å². The maximum absolute atomic E-state index is 12.0. The fourth-order valence-electron chi connectivity index (χ4n) is 1.59. The zero-order chi connectivity index (χ0) is 13.8. The van der Waals surface area contributed by atoms with Crippen molar-refractivity contribution in [2.24, 2.45) is 0 Å². The van der Waals surface area contributed by atoms with Crippen molar-refractivity contribution in [2.75, 3.05) is 5.73 Å². The van der Waals surface area contributed by atoms with Crippen LogP contribution in [0.3, 0.4) is 0 Å². The zero-order valence-electron chi connectivity index (χ0n) is 10.3. The van der Waals surface area contributed by atoms with Gasteiger partial charge in [0, 0.05) is 4.47 Å². The van der Waals surface area contributed by atoms with E-state index >= 15 is 0 Å². The number of hydrogen-bond donors (Lipinski definition) is 2. The number of aromatic nitrogens is 2. The van der Waals surface area contributed by atoms with Gasteiger partial charge in [-0.25, -0.2) is 0 Å². The Morgan fingerprint density at radius 1 is 1.32 bits per heavy atom. The van der Waals surface area contributed by atoms with Crippen molar-refractivity contribution >= 4 is 27.7 Å². The topological polar surface area (TPSA) is 80.9 Å². The number of nitrogen functional groups attached to an aromatic ring is 1. The molecule has 0 spiro atoms. The van der Waals surface area contributed by atoms with Crippen molar-refractivity contribution < 1.29 is 4.79 Å². The average Bonchev–Trinajstić information content (AvgIpc) is 2.39. The van der Waals surface area contributed by atoms with Crippen molar-refractivity contribution in [3.63, 3.8) is 0 Å². The van der Waals surface area contributed by atoms with Crippen LogP contribution in [-0.4, -0.2) is 16.1 Å². The number of amides is 1. The average molecular weight is 321 g/mol. The van der Waals surface area contributed by atoms with Gasteiger partial charge in [0.25, 0.3) is 5.91 Å². The summed E-state index contributed by atoms with van der Waals surface area (Å²) in [5.74, 6) is 0.0107. The summed E-state index contributed by atoms with van der Waals surface area (Å²) >= 11 is 3.40. The Balaban J connectivity index is 2.08. The van der Waals surface area contributed by atoms with Crippen molar-refractivity contribution in [1.82, 2.24) is 15.5 Å². The monoisotopic (exact) mass is 320 g/mol. The third kappa shape index (κ3) is 3.51. The first kappa shape index (κ1) is 13.5. The number of nitrogens with one attached hydrogen (secondary N) is 1. The highest BCUT2D eigenvalue weighted by molar-refractivity contribution is 9.10. The second-order valence-electron chi connectivity index (χ2n) is 4.09. The lowest BCUT2D eigenvalue weighted by Crippen LogP contribution is -2.27. The first-order valence-electron chi connectivity index (χ1n) is 5.72. The summed E-state index contributed by atoms with van der Waals surface area (Å²) in [5.41, 5.74) is 6.68. The third-order valence-electron chi connectivity index (χ3n) is 2.61. The molecule has 19 heavy (non-hydrogen) atoms. The molecule has 2 aromatic rings. The van der Waals surface area contributed by atoms with Gasteiger partial charge in [-0.3, -0.25) is 4.79 Å². The summed E-state index contributed by atoms with van der Waals surface area (Å²) in [4.78, 5) is 12.0. The Morgan fingerprint density at radius 3 is 2.74 bits per heavy atom. The summed E-state index contributed by atoms with van der Waals surface area (Å²) < 4.78 is 0.971. The zero-order valence-corrected chi connectivity index (χ0v) is 11.9. The van der Waals surface area contributed by atoms with Crippen LogP contribution in [0.4, 0.5) is 5.82 Å². The molecule has 1 amide bonds. The van der Waals surface area contributed by atoms with E-state index in [0.29, 0.717) is 0 Å². The SMILES string of the molecule is CC(NC(=O)c1ccc(N)nn1)c1cccc(Br)c1. The number of nitrogens with zero attached hydrogens (tertiary/aromatic N) is 2. The number of nitrogens with two attached hydrogens (primary N) is 1. The predicted octanol–water partition coefficient (Wildman–Crippen LogP) is 2.31. The van der Waals surface area contributed by atoms with E-state index in [9.17, 15) is 4.79 Å². The van der Waals surface area contributed by atoms with Gasteiger partial charge in [-0.15, -0.1) is 10.2 Å². The fourth-order valence-corrected chi connectivity index (χ4v) is 2.01. The van der Waals surface area contributed by atoms with Gasteiger partial charge in [-0.1, -0.05) is 28.1 Å². The predicted molar refractivity (Wildman–Crippen MR) is 76.5 cm³/mol. The van der Waals surface area contributed by atoms with Crippen LogP contribution < -0.4 is 11.1 Å². The van der Waals surface area contributed by atoms with E-state index in [0.717, 1.165) is 10.0 Å². The third-order valence-corrected chi connectivity index (χ3v) is 3.11. The van der Waals surface area contributed by atoms with Gasteiger partial charge >= 0.3 is 0 Å². The maximum Gasteiger partial charge on any atom is 0.272 e. The highest BCUT2D eigenvalue weighted by Gasteiger charge is 2.13.